The van der Waals surface area contributed by atoms with Crippen LogP contribution in [0.25, 0.3) is 0 Å². The molecule has 1 heterocycles. The zero-order valence-corrected chi connectivity index (χ0v) is 13.0. The van der Waals surface area contributed by atoms with Crippen LogP contribution in [0.3, 0.4) is 0 Å². The van der Waals surface area contributed by atoms with Crippen LogP contribution in [0.2, 0.25) is 0 Å². The summed E-state index contributed by atoms with van der Waals surface area (Å²) in [4.78, 5) is 12.3. The Balaban J connectivity index is 1.85. The van der Waals surface area contributed by atoms with Gasteiger partial charge < -0.3 is 20.5 Å². The molecule has 1 aromatic rings. The maximum absolute atomic E-state index is 12.0. The molecule has 5 nitrogen and oxygen atoms in total. The van der Waals surface area contributed by atoms with E-state index >= 15 is 0 Å². The molecule has 1 saturated heterocycles. The van der Waals surface area contributed by atoms with Gasteiger partial charge in [0, 0.05) is 12.2 Å². The molecule has 0 spiro atoms. The largest absolute Gasteiger partial charge is 0.484 e. The zero-order valence-electron chi connectivity index (χ0n) is 12.2. The first kappa shape index (κ1) is 15.7. The van der Waals surface area contributed by atoms with E-state index in [2.05, 4.69) is 5.32 Å². The van der Waals surface area contributed by atoms with E-state index in [1.807, 2.05) is 13.8 Å². The number of hydrogen-bond donors (Lipinski definition) is 2. The number of ether oxygens (including phenoxy) is 2. The van der Waals surface area contributed by atoms with Gasteiger partial charge in [-0.05, 0) is 44.5 Å². The minimum Gasteiger partial charge on any atom is -0.484 e. The van der Waals surface area contributed by atoms with Gasteiger partial charge in [-0.25, -0.2) is 0 Å². The molecule has 6 heteroatoms. The Bertz CT molecular complexity index is 532. The van der Waals surface area contributed by atoms with Gasteiger partial charge in [0.1, 0.15) is 10.7 Å². The number of benzene rings is 1. The number of nitrogens with two attached hydrogens (primary N) is 1. The molecule has 1 amide bonds. The van der Waals surface area contributed by atoms with Gasteiger partial charge in [0.15, 0.2) is 6.61 Å². The van der Waals surface area contributed by atoms with Crippen molar-refractivity contribution in [2.45, 2.75) is 31.9 Å². The van der Waals surface area contributed by atoms with Gasteiger partial charge in [0.25, 0.3) is 5.91 Å². The quantitative estimate of drug-likeness (QED) is 0.804. The summed E-state index contributed by atoms with van der Waals surface area (Å²) < 4.78 is 10.9. The number of nitrogens with one attached hydrogen (secondary N) is 1. The summed E-state index contributed by atoms with van der Waals surface area (Å²) in [6.07, 6.45) is 0.814. The van der Waals surface area contributed by atoms with Crippen molar-refractivity contribution < 1.29 is 14.3 Å². The summed E-state index contributed by atoms with van der Waals surface area (Å²) in [7, 11) is 0. The minimum atomic E-state index is -0.323. The summed E-state index contributed by atoms with van der Waals surface area (Å²) in [6, 6.07) is 7.02. The molecule has 1 aromatic carbocycles. The minimum absolute atomic E-state index is 0.00583. The average Bonchev–Trinajstić information content (AvgIpc) is 2.76. The molecule has 0 saturated carbocycles. The fourth-order valence-electron chi connectivity index (χ4n) is 2.22. The van der Waals surface area contributed by atoms with Crippen molar-refractivity contribution in [3.05, 3.63) is 29.8 Å². The smallest absolute Gasteiger partial charge is 0.258 e. The molecule has 1 aliphatic heterocycles. The number of hydrogen-bond acceptors (Lipinski definition) is 4. The molecule has 0 aliphatic carbocycles. The molecule has 0 radical (unpaired) electrons. The summed E-state index contributed by atoms with van der Waals surface area (Å²) in [5.74, 6) is 0.444. The Labute approximate surface area is 129 Å². The number of carbonyl (C=O) groups excluding carboxylic acids is 1. The fourth-order valence-corrected chi connectivity index (χ4v) is 2.35. The fraction of sp³-hybridized carbons (Fsp3) is 0.467. The lowest BCUT2D eigenvalue weighted by Crippen LogP contribution is -2.52. The normalized spacial score (nSPS) is 24.6. The summed E-state index contributed by atoms with van der Waals surface area (Å²) in [5, 5.41) is 2.98. The van der Waals surface area contributed by atoms with Crippen LogP contribution >= 0.6 is 12.2 Å². The Kier molecular flexibility index (Phi) is 4.80. The van der Waals surface area contributed by atoms with E-state index in [1.54, 1.807) is 24.3 Å². The van der Waals surface area contributed by atoms with Crippen molar-refractivity contribution >= 4 is 23.1 Å². The first-order valence-corrected chi connectivity index (χ1v) is 7.27. The molecule has 0 bridgehead atoms. The van der Waals surface area contributed by atoms with Crippen LogP contribution in [0.5, 0.6) is 5.75 Å². The summed E-state index contributed by atoms with van der Waals surface area (Å²) >= 11 is 4.88. The van der Waals surface area contributed by atoms with Crippen LogP contribution in [0, 0.1) is 0 Å². The lowest BCUT2D eigenvalue weighted by Gasteiger charge is -2.28. The highest BCUT2D eigenvalue weighted by Gasteiger charge is 2.38. The molecular formula is C15H20N2O3S. The van der Waals surface area contributed by atoms with Crippen molar-refractivity contribution in [1.29, 1.82) is 0 Å². The Hall–Kier alpha value is -1.66. The van der Waals surface area contributed by atoms with Crippen LogP contribution in [-0.2, 0) is 9.53 Å². The number of thiocarbonyl (C=S) groups is 1. The van der Waals surface area contributed by atoms with E-state index in [0.717, 1.165) is 12.0 Å². The molecule has 2 rings (SSSR count). The third kappa shape index (κ3) is 3.92. The first-order chi connectivity index (χ1) is 9.90. The van der Waals surface area contributed by atoms with Gasteiger partial charge in [-0.3, -0.25) is 4.79 Å². The predicted octanol–water partition coefficient (Wildman–Crippen LogP) is 1.38. The lowest BCUT2D eigenvalue weighted by molar-refractivity contribution is -0.125. The molecule has 114 valence electrons. The SMILES string of the molecule is CC1OCCC1(C)NC(=O)COc1ccc(C(N)=S)cc1. The van der Waals surface area contributed by atoms with Crippen molar-refractivity contribution in [3.8, 4) is 5.75 Å². The second-order valence-electron chi connectivity index (χ2n) is 5.41. The van der Waals surface area contributed by atoms with Crippen LogP contribution < -0.4 is 15.8 Å². The van der Waals surface area contributed by atoms with Crippen molar-refractivity contribution in [3.63, 3.8) is 0 Å². The molecule has 3 N–H and O–H groups in total. The molecule has 2 unspecified atom stereocenters. The van der Waals surface area contributed by atoms with Crippen molar-refractivity contribution in [1.82, 2.24) is 5.32 Å². The average molecular weight is 308 g/mol. The highest BCUT2D eigenvalue weighted by Crippen LogP contribution is 2.24. The second kappa shape index (κ2) is 6.41. The van der Waals surface area contributed by atoms with Crippen LogP contribution in [0.4, 0.5) is 0 Å². The van der Waals surface area contributed by atoms with Gasteiger partial charge >= 0.3 is 0 Å². The third-order valence-electron chi connectivity index (χ3n) is 3.82. The number of amides is 1. The Morgan fingerprint density at radius 3 is 2.71 bits per heavy atom. The van der Waals surface area contributed by atoms with Crippen molar-refractivity contribution in [2.24, 2.45) is 5.73 Å². The lowest BCUT2D eigenvalue weighted by atomic mass is 9.95. The molecule has 1 aliphatic rings. The van der Waals surface area contributed by atoms with E-state index < -0.39 is 0 Å². The molecule has 21 heavy (non-hydrogen) atoms. The van der Waals surface area contributed by atoms with Crippen molar-refractivity contribution in [2.75, 3.05) is 13.2 Å². The zero-order chi connectivity index (χ0) is 15.5. The third-order valence-corrected chi connectivity index (χ3v) is 4.06. The molecule has 0 aromatic heterocycles. The molecular weight excluding hydrogens is 288 g/mol. The Morgan fingerprint density at radius 2 is 2.19 bits per heavy atom. The van der Waals surface area contributed by atoms with Gasteiger partial charge in [-0.1, -0.05) is 12.2 Å². The number of carbonyl (C=O) groups is 1. The van der Waals surface area contributed by atoms with Gasteiger partial charge in [0.2, 0.25) is 0 Å². The molecule has 2 atom stereocenters. The number of rotatable bonds is 5. The van der Waals surface area contributed by atoms with Crippen LogP contribution in [0.15, 0.2) is 24.3 Å². The van der Waals surface area contributed by atoms with E-state index in [-0.39, 0.29) is 24.2 Å². The standard InChI is InChI=1S/C15H20N2O3S/c1-10-15(2,7-8-19-10)17-13(18)9-20-12-5-3-11(4-6-12)14(16)21/h3-6,10H,7-9H2,1-2H3,(H2,16,21)(H,17,18). The maximum Gasteiger partial charge on any atom is 0.258 e. The maximum atomic E-state index is 12.0. The van der Waals surface area contributed by atoms with Gasteiger partial charge in [0.05, 0.1) is 11.6 Å². The monoisotopic (exact) mass is 308 g/mol. The predicted molar refractivity (Wildman–Crippen MR) is 84.4 cm³/mol. The molecule has 1 fully saturated rings. The Morgan fingerprint density at radius 1 is 1.52 bits per heavy atom. The summed E-state index contributed by atoms with van der Waals surface area (Å²) in [6.45, 7) is 4.58. The topological polar surface area (TPSA) is 73.6 Å². The van der Waals surface area contributed by atoms with E-state index in [1.165, 1.54) is 0 Å². The highest BCUT2D eigenvalue weighted by molar-refractivity contribution is 7.80. The van der Waals surface area contributed by atoms with E-state index in [9.17, 15) is 4.79 Å². The van der Waals surface area contributed by atoms with Gasteiger partial charge in [-0.2, -0.15) is 0 Å². The summed E-state index contributed by atoms with van der Waals surface area (Å²) in [5.41, 5.74) is 5.97. The first-order valence-electron chi connectivity index (χ1n) is 6.86. The van der Waals surface area contributed by atoms with Crippen LogP contribution in [-0.4, -0.2) is 35.8 Å². The van der Waals surface area contributed by atoms with E-state index in [4.69, 9.17) is 27.4 Å². The van der Waals surface area contributed by atoms with E-state index in [0.29, 0.717) is 17.3 Å². The van der Waals surface area contributed by atoms with Gasteiger partial charge in [-0.15, -0.1) is 0 Å². The highest BCUT2D eigenvalue weighted by atomic mass is 32.1. The second-order valence-corrected chi connectivity index (χ2v) is 5.85. The van der Waals surface area contributed by atoms with Crippen LogP contribution in [0.1, 0.15) is 25.8 Å².